The molecule has 0 aliphatic heterocycles. The van der Waals surface area contributed by atoms with Crippen molar-refractivity contribution >= 4 is 30.7 Å². The molecule has 0 unspecified atom stereocenters. The minimum atomic E-state index is 0.435. The van der Waals surface area contributed by atoms with Crippen molar-refractivity contribution in [1.82, 2.24) is 19.9 Å². The van der Waals surface area contributed by atoms with Crippen molar-refractivity contribution in [2.75, 3.05) is 0 Å². The summed E-state index contributed by atoms with van der Waals surface area (Å²) in [5.41, 5.74) is 0.933. The second-order valence-corrected chi connectivity index (χ2v) is 3.47. The summed E-state index contributed by atoms with van der Waals surface area (Å²) in [5, 5.41) is 9.52. The first-order chi connectivity index (χ1) is 7.27. The monoisotopic (exact) mass is 237 g/mol. The van der Waals surface area contributed by atoms with Gasteiger partial charge in [0.1, 0.15) is 0 Å². The van der Waals surface area contributed by atoms with Crippen LogP contribution < -0.4 is 0 Å². The fourth-order valence-electron chi connectivity index (χ4n) is 0.984. The molecule has 76 valence electrons. The van der Waals surface area contributed by atoms with E-state index in [0.717, 1.165) is 5.56 Å². The van der Waals surface area contributed by atoms with Gasteiger partial charge in [-0.25, -0.2) is 0 Å². The predicted molar refractivity (Wildman–Crippen MR) is 62.0 cm³/mol. The first kappa shape index (κ1) is 9.94. The van der Waals surface area contributed by atoms with Crippen LogP contribution in [0.3, 0.4) is 0 Å². The number of nitrogens with zero attached hydrogens (tertiary/aromatic N) is 3. The summed E-state index contributed by atoms with van der Waals surface area (Å²) in [6.07, 6.45) is 5.05. The van der Waals surface area contributed by atoms with Crippen molar-refractivity contribution in [3.05, 3.63) is 39.6 Å². The van der Waals surface area contributed by atoms with Crippen molar-refractivity contribution in [2.24, 2.45) is 5.10 Å². The number of nitrogens with one attached hydrogen (secondary N) is 2. The molecule has 15 heavy (non-hydrogen) atoms. The maximum atomic E-state index is 4.97. The van der Waals surface area contributed by atoms with Gasteiger partial charge in [0.15, 0.2) is 0 Å². The Kier molecular flexibility index (Phi) is 2.84. The molecule has 0 spiro atoms. The lowest BCUT2D eigenvalue weighted by atomic mass is 10.3. The van der Waals surface area contributed by atoms with Crippen LogP contribution in [-0.4, -0.2) is 26.1 Å². The summed E-state index contributed by atoms with van der Waals surface area (Å²) in [7, 11) is 0. The van der Waals surface area contributed by atoms with E-state index in [-0.39, 0.29) is 0 Å². The molecule has 0 saturated carbocycles. The summed E-state index contributed by atoms with van der Waals surface area (Å²) in [6.45, 7) is 0. The zero-order valence-corrected chi connectivity index (χ0v) is 9.18. The Hall–Kier alpha value is -1.60. The molecule has 2 aromatic rings. The molecule has 0 radical (unpaired) electrons. The third-order valence-corrected chi connectivity index (χ3v) is 2.24. The Bertz CT molecular complexity index is 549. The lowest BCUT2D eigenvalue weighted by Crippen LogP contribution is -1.90. The van der Waals surface area contributed by atoms with E-state index < -0.39 is 0 Å². The number of hydrogen-bond donors (Lipinski definition) is 2. The van der Waals surface area contributed by atoms with Crippen LogP contribution in [0.5, 0.6) is 0 Å². The van der Waals surface area contributed by atoms with Gasteiger partial charge in [-0.1, -0.05) is 0 Å². The number of pyridine rings is 1. The smallest absolute Gasteiger partial charge is 0.215 e. The highest BCUT2D eigenvalue weighted by atomic mass is 32.1. The van der Waals surface area contributed by atoms with E-state index in [2.05, 4.69) is 20.3 Å². The molecule has 2 heterocycles. The molecule has 2 N–H and O–H groups in total. The molecule has 0 aliphatic carbocycles. The van der Waals surface area contributed by atoms with Gasteiger partial charge < -0.3 is 0 Å². The largest absolute Gasteiger partial charge is 0.273 e. The Morgan fingerprint density at radius 1 is 1.20 bits per heavy atom. The highest BCUT2D eigenvalue weighted by Gasteiger charge is 1.92. The number of rotatable bonds is 2. The Morgan fingerprint density at radius 3 is 2.40 bits per heavy atom. The minimum absolute atomic E-state index is 0.435. The Balaban J connectivity index is 2.34. The lowest BCUT2D eigenvalue weighted by molar-refractivity contribution is 0.848. The molecule has 5 nitrogen and oxygen atoms in total. The quantitative estimate of drug-likeness (QED) is 0.619. The molecule has 0 aromatic carbocycles. The van der Waals surface area contributed by atoms with Crippen molar-refractivity contribution in [3.63, 3.8) is 0 Å². The second kappa shape index (κ2) is 4.28. The van der Waals surface area contributed by atoms with E-state index in [1.54, 1.807) is 18.6 Å². The van der Waals surface area contributed by atoms with Crippen LogP contribution in [0.4, 0.5) is 0 Å². The van der Waals surface area contributed by atoms with Crippen LogP contribution in [0.2, 0.25) is 0 Å². The molecule has 0 bridgehead atoms. The Morgan fingerprint density at radius 2 is 1.80 bits per heavy atom. The van der Waals surface area contributed by atoms with Gasteiger partial charge in [0.2, 0.25) is 9.54 Å². The molecule has 0 fully saturated rings. The molecule has 0 aliphatic rings. The van der Waals surface area contributed by atoms with Crippen LogP contribution in [-0.2, 0) is 0 Å². The van der Waals surface area contributed by atoms with Gasteiger partial charge in [0.25, 0.3) is 0 Å². The van der Waals surface area contributed by atoms with Gasteiger partial charge in [-0.15, -0.1) is 0 Å². The van der Waals surface area contributed by atoms with E-state index in [0.29, 0.717) is 9.54 Å². The van der Waals surface area contributed by atoms with E-state index in [1.165, 1.54) is 4.68 Å². The van der Waals surface area contributed by atoms with Crippen molar-refractivity contribution in [2.45, 2.75) is 0 Å². The van der Waals surface area contributed by atoms with Gasteiger partial charge in [-0.2, -0.15) is 9.78 Å². The molecular formula is C8H7N5S2. The average molecular weight is 237 g/mol. The van der Waals surface area contributed by atoms with E-state index in [4.69, 9.17) is 24.4 Å². The maximum Gasteiger partial charge on any atom is 0.215 e. The molecule has 2 rings (SSSR count). The summed E-state index contributed by atoms with van der Waals surface area (Å²) in [4.78, 5) is 3.90. The zero-order valence-electron chi connectivity index (χ0n) is 7.54. The second-order valence-electron chi connectivity index (χ2n) is 2.70. The van der Waals surface area contributed by atoms with Crippen LogP contribution in [0.15, 0.2) is 29.6 Å². The normalized spacial score (nSPS) is 10.9. The van der Waals surface area contributed by atoms with Gasteiger partial charge in [0, 0.05) is 12.4 Å². The van der Waals surface area contributed by atoms with Gasteiger partial charge >= 0.3 is 0 Å². The summed E-state index contributed by atoms with van der Waals surface area (Å²) in [5.74, 6) is 0. The zero-order chi connectivity index (χ0) is 10.7. The third-order valence-electron chi connectivity index (χ3n) is 1.69. The highest BCUT2D eigenvalue weighted by molar-refractivity contribution is 7.72. The van der Waals surface area contributed by atoms with Crippen LogP contribution in [0, 0.1) is 9.54 Å². The van der Waals surface area contributed by atoms with E-state index >= 15 is 0 Å². The molecule has 2 aromatic heterocycles. The van der Waals surface area contributed by atoms with Crippen LogP contribution in [0.1, 0.15) is 5.56 Å². The van der Waals surface area contributed by atoms with Crippen molar-refractivity contribution in [3.8, 4) is 0 Å². The van der Waals surface area contributed by atoms with Crippen molar-refractivity contribution in [1.29, 1.82) is 0 Å². The number of aromatic nitrogens is 4. The van der Waals surface area contributed by atoms with Crippen molar-refractivity contribution < 1.29 is 0 Å². The molecule has 0 amide bonds. The van der Waals surface area contributed by atoms with Crippen LogP contribution in [0.25, 0.3) is 0 Å². The predicted octanol–water partition coefficient (Wildman–Crippen LogP) is 1.88. The van der Waals surface area contributed by atoms with E-state index in [1.807, 2.05) is 12.1 Å². The fraction of sp³-hybridized carbons (Fsp3) is 0. The molecule has 7 heteroatoms. The number of aromatic amines is 2. The molecular weight excluding hydrogens is 230 g/mol. The SMILES string of the molecule is S=c1[nH][nH]c(=S)n1/N=C\c1ccncc1. The Labute approximate surface area is 95.5 Å². The fourth-order valence-corrected chi connectivity index (χ4v) is 1.42. The highest BCUT2D eigenvalue weighted by Crippen LogP contribution is 1.94. The lowest BCUT2D eigenvalue weighted by Gasteiger charge is -1.91. The summed E-state index contributed by atoms with van der Waals surface area (Å²) < 4.78 is 2.31. The van der Waals surface area contributed by atoms with Gasteiger partial charge in [-0.3, -0.25) is 15.2 Å². The third kappa shape index (κ3) is 2.25. The number of H-pyrrole nitrogens is 2. The van der Waals surface area contributed by atoms with Crippen LogP contribution >= 0.6 is 24.4 Å². The van der Waals surface area contributed by atoms with Gasteiger partial charge in [0.05, 0.1) is 6.21 Å². The van der Waals surface area contributed by atoms with Gasteiger partial charge in [-0.05, 0) is 42.1 Å². The first-order valence-corrected chi connectivity index (χ1v) is 4.93. The average Bonchev–Trinajstić information content (AvgIpc) is 2.58. The topological polar surface area (TPSA) is 61.8 Å². The number of hydrogen-bond acceptors (Lipinski definition) is 4. The standard InChI is InChI=1S/C8H7N5S2/c14-7-11-12-8(15)13(7)10-5-6-1-3-9-4-2-6/h1-5H,(H,11,14)(H,12,15)/b10-5-. The maximum absolute atomic E-state index is 4.97. The van der Waals surface area contributed by atoms with E-state index in [9.17, 15) is 0 Å². The first-order valence-electron chi connectivity index (χ1n) is 4.11. The minimum Gasteiger partial charge on any atom is -0.273 e. The molecule has 0 saturated heterocycles. The molecule has 0 atom stereocenters. The summed E-state index contributed by atoms with van der Waals surface area (Å²) in [6, 6.07) is 3.68. The summed E-state index contributed by atoms with van der Waals surface area (Å²) >= 11 is 9.94.